The SMILES string of the molecule is COc1cc(/C=C(\C#N)C(=O)c2cccc([N+](=O)[O-])c2)cc(Br)c1OCc1ccccc1Cl. The Balaban J connectivity index is 1.90. The van der Waals surface area contributed by atoms with Gasteiger partial charge in [-0.1, -0.05) is 41.9 Å². The normalized spacial score (nSPS) is 10.9. The number of nitro groups is 1. The van der Waals surface area contributed by atoms with Gasteiger partial charge in [0.15, 0.2) is 11.5 Å². The van der Waals surface area contributed by atoms with Gasteiger partial charge in [-0.05, 0) is 45.8 Å². The third kappa shape index (κ3) is 5.77. The molecule has 3 aromatic carbocycles. The number of rotatable bonds is 8. The van der Waals surface area contributed by atoms with E-state index in [0.29, 0.717) is 26.6 Å². The van der Waals surface area contributed by atoms with E-state index < -0.39 is 10.7 Å². The first kappa shape index (κ1) is 24.0. The van der Waals surface area contributed by atoms with Crippen molar-refractivity contribution in [2.24, 2.45) is 0 Å². The minimum atomic E-state index is -0.629. The molecule has 166 valence electrons. The highest BCUT2D eigenvalue weighted by Crippen LogP contribution is 2.38. The lowest BCUT2D eigenvalue weighted by Crippen LogP contribution is -2.03. The highest BCUT2D eigenvalue weighted by atomic mass is 79.9. The smallest absolute Gasteiger partial charge is 0.270 e. The maximum Gasteiger partial charge on any atom is 0.270 e. The zero-order valence-corrected chi connectivity index (χ0v) is 19.6. The summed E-state index contributed by atoms with van der Waals surface area (Å²) < 4.78 is 11.9. The Bertz CT molecular complexity index is 1300. The molecule has 0 spiro atoms. The molecule has 0 heterocycles. The summed E-state index contributed by atoms with van der Waals surface area (Å²) in [7, 11) is 1.47. The average Bonchev–Trinajstić information content (AvgIpc) is 2.82. The van der Waals surface area contributed by atoms with E-state index in [4.69, 9.17) is 21.1 Å². The van der Waals surface area contributed by atoms with E-state index in [2.05, 4.69) is 15.9 Å². The first-order chi connectivity index (χ1) is 15.8. The standard InChI is InChI=1S/C24H16BrClN2O5/c1-32-22-11-15(10-20(25)24(22)33-14-17-5-2-3-8-21(17)26)9-18(13-27)23(29)16-6-4-7-19(12-16)28(30)31/h2-12H,14H2,1H3/b18-9+. The quantitative estimate of drug-likeness (QED) is 0.111. The number of halogens is 2. The number of hydrogen-bond donors (Lipinski definition) is 0. The Morgan fingerprint density at radius 1 is 1.21 bits per heavy atom. The second kappa shape index (κ2) is 10.8. The maximum atomic E-state index is 12.8. The van der Waals surface area contributed by atoms with Gasteiger partial charge in [0.05, 0.1) is 16.5 Å². The average molecular weight is 528 g/mol. The number of Topliss-reactive ketones (excluding diaryl/α,β-unsaturated/α-hetero) is 1. The number of nitro benzene ring substituents is 1. The van der Waals surface area contributed by atoms with E-state index in [1.165, 1.54) is 31.4 Å². The molecule has 9 heteroatoms. The minimum Gasteiger partial charge on any atom is -0.493 e. The van der Waals surface area contributed by atoms with Gasteiger partial charge in [0, 0.05) is 28.3 Å². The van der Waals surface area contributed by atoms with Crippen molar-refractivity contribution < 1.29 is 19.2 Å². The molecular formula is C24H16BrClN2O5. The molecule has 0 N–H and O–H groups in total. The van der Waals surface area contributed by atoms with Crippen molar-refractivity contribution in [1.82, 2.24) is 0 Å². The fraction of sp³-hybridized carbons (Fsp3) is 0.0833. The topological polar surface area (TPSA) is 102 Å². The highest BCUT2D eigenvalue weighted by Gasteiger charge is 2.17. The van der Waals surface area contributed by atoms with Crippen LogP contribution in [0.15, 0.2) is 70.7 Å². The first-order valence-corrected chi connectivity index (χ1v) is 10.7. The molecule has 0 aliphatic rings. The van der Waals surface area contributed by atoms with Gasteiger partial charge in [-0.15, -0.1) is 0 Å². The molecule has 0 amide bonds. The summed E-state index contributed by atoms with van der Waals surface area (Å²) >= 11 is 9.62. The van der Waals surface area contributed by atoms with Crippen molar-refractivity contribution in [3.8, 4) is 17.6 Å². The Labute approximate surface area is 203 Å². The predicted molar refractivity (Wildman–Crippen MR) is 127 cm³/mol. The molecule has 0 aliphatic carbocycles. The molecule has 0 unspecified atom stereocenters. The zero-order chi connectivity index (χ0) is 24.0. The van der Waals surface area contributed by atoms with Crippen LogP contribution in [-0.2, 0) is 6.61 Å². The second-order valence-electron chi connectivity index (χ2n) is 6.72. The van der Waals surface area contributed by atoms with E-state index in [1.807, 2.05) is 24.3 Å². The van der Waals surface area contributed by atoms with Crippen LogP contribution in [-0.4, -0.2) is 17.8 Å². The Hall–Kier alpha value is -3.67. The molecule has 0 atom stereocenters. The molecule has 33 heavy (non-hydrogen) atoms. The summed E-state index contributed by atoms with van der Waals surface area (Å²) in [5.74, 6) is 0.177. The second-order valence-corrected chi connectivity index (χ2v) is 7.98. The zero-order valence-electron chi connectivity index (χ0n) is 17.2. The number of ether oxygens (including phenoxy) is 2. The molecule has 7 nitrogen and oxygen atoms in total. The van der Waals surface area contributed by atoms with Crippen molar-refractivity contribution in [3.63, 3.8) is 0 Å². The fourth-order valence-electron chi connectivity index (χ4n) is 2.96. The van der Waals surface area contributed by atoms with Crippen LogP contribution in [0.1, 0.15) is 21.5 Å². The predicted octanol–water partition coefficient (Wildman–Crippen LogP) is 6.39. The number of benzene rings is 3. The van der Waals surface area contributed by atoms with E-state index in [1.54, 1.807) is 18.2 Å². The summed E-state index contributed by atoms with van der Waals surface area (Å²) in [5.41, 5.74) is 0.921. The number of carbonyl (C=O) groups excluding carboxylic acids is 1. The van der Waals surface area contributed by atoms with Gasteiger partial charge in [0.25, 0.3) is 5.69 Å². The molecule has 0 saturated heterocycles. The van der Waals surface area contributed by atoms with Crippen LogP contribution in [0.25, 0.3) is 6.08 Å². The maximum absolute atomic E-state index is 12.8. The number of non-ortho nitro benzene ring substituents is 1. The summed E-state index contributed by atoms with van der Waals surface area (Å²) in [5, 5.41) is 21.1. The van der Waals surface area contributed by atoms with Crippen LogP contribution in [0.2, 0.25) is 5.02 Å². The van der Waals surface area contributed by atoms with Crippen molar-refractivity contribution in [2.75, 3.05) is 7.11 Å². The molecule has 0 aromatic heterocycles. The number of hydrogen-bond acceptors (Lipinski definition) is 6. The first-order valence-electron chi connectivity index (χ1n) is 9.48. The summed E-state index contributed by atoms with van der Waals surface area (Å²) in [6.07, 6.45) is 1.38. The van der Waals surface area contributed by atoms with Crippen LogP contribution in [0, 0.1) is 21.4 Å². The number of nitriles is 1. The molecule has 3 rings (SSSR count). The monoisotopic (exact) mass is 526 g/mol. The van der Waals surface area contributed by atoms with Crippen LogP contribution in [0.4, 0.5) is 5.69 Å². The lowest BCUT2D eigenvalue weighted by atomic mass is 10.0. The molecule has 0 fully saturated rings. The molecule has 0 saturated carbocycles. The number of methoxy groups -OCH3 is 1. The van der Waals surface area contributed by atoms with Crippen molar-refractivity contribution in [3.05, 3.63) is 103 Å². The summed E-state index contributed by atoms with van der Waals surface area (Å²) in [4.78, 5) is 23.1. The number of carbonyl (C=O) groups is 1. The lowest BCUT2D eigenvalue weighted by Gasteiger charge is -2.14. The van der Waals surface area contributed by atoms with Gasteiger partial charge < -0.3 is 9.47 Å². The Kier molecular flexibility index (Phi) is 7.83. The van der Waals surface area contributed by atoms with Crippen LogP contribution >= 0.6 is 27.5 Å². The Morgan fingerprint density at radius 2 is 1.97 bits per heavy atom. The largest absolute Gasteiger partial charge is 0.493 e. The molecule has 0 bridgehead atoms. The number of allylic oxidation sites excluding steroid dienone is 1. The summed E-state index contributed by atoms with van der Waals surface area (Å²) in [6.45, 7) is 0.207. The van der Waals surface area contributed by atoms with E-state index >= 15 is 0 Å². The van der Waals surface area contributed by atoms with Crippen LogP contribution in [0.5, 0.6) is 11.5 Å². The summed E-state index contributed by atoms with van der Waals surface area (Å²) in [6, 6.07) is 17.7. The van der Waals surface area contributed by atoms with E-state index in [-0.39, 0.29) is 23.4 Å². The molecular weight excluding hydrogens is 512 g/mol. The minimum absolute atomic E-state index is 0.0442. The van der Waals surface area contributed by atoms with Gasteiger partial charge >= 0.3 is 0 Å². The Morgan fingerprint density at radius 3 is 2.64 bits per heavy atom. The number of ketones is 1. The van der Waals surface area contributed by atoms with E-state index in [9.17, 15) is 20.2 Å². The van der Waals surface area contributed by atoms with Crippen molar-refractivity contribution in [2.45, 2.75) is 6.61 Å². The fourth-order valence-corrected chi connectivity index (χ4v) is 3.72. The van der Waals surface area contributed by atoms with Crippen LogP contribution in [0.3, 0.4) is 0 Å². The molecule has 0 radical (unpaired) electrons. The third-order valence-corrected chi connectivity index (χ3v) is 5.53. The van der Waals surface area contributed by atoms with Gasteiger partial charge in [0.1, 0.15) is 18.2 Å². The molecule has 3 aromatic rings. The van der Waals surface area contributed by atoms with Crippen LogP contribution < -0.4 is 9.47 Å². The highest BCUT2D eigenvalue weighted by molar-refractivity contribution is 9.10. The van der Waals surface area contributed by atoms with Gasteiger partial charge in [-0.3, -0.25) is 14.9 Å². The van der Waals surface area contributed by atoms with Crippen molar-refractivity contribution in [1.29, 1.82) is 5.26 Å². The van der Waals surface area contributed by atoms with Gasteiger partial charge in [0.2, 0.25) is 5.78 Å². The number of nitrogens with zero attached hydrogens (tertiary/aromatic N) is 2. The molecule has 0 aliphatic heterocycles. The van der Waals surface area contributed by atoms with Crippen molar-refractivity contribution >= 4 is 45.1 Å². The van der Waals surface area contributed by atoms with Gasteiger partial charge in [-0.25, -0.2) is 0 Å². The van der Waals surface area contributed by atoms with E-state index in [0.717, 1.165) is 11.6 Å². The third-order valence-electron chi connectivity index (χ3n) is 4.58. The lowest BCUT2D eigenvalue weighted by molar-refractivity contribution is -0.384. The van der Waals surface area contributed by atoms with Gasteiger partial charge in [-0.2, -0.15) is 5.26 Å².